The van der Waals surface area contributed by atoms with Crippen LogP contribution in [0.15, 0.2) is 5.11 Å². The highest BCUT2D eigenvalue weighted by molar-refractivity contribution is 5.69. The Hall–Kier alpha value is -1.93. The van der Waals surface area contributed by atoms with Gasteiger partial charge in [-0.15, -0.1) is 0 Å². The molecule has 17 heavy (non-hydrogen) atoms. The largest absolute Gasteiger partial charge is 0.444 e. The van der Waals surface area contributed by atoms with E-state index in [-0.39, 0.29) is 12.6 Å². The second-order valence-electron chi connectivity index (χ2n) is 4.87. The number of amides is 1. The quantitative estimate of drug-likeness (QED) is 0.396. The van der Waals surface area contributed by atoms with Crippen LogP contribution in [0.1, 0.15) is 27.2 Å². The molecule has 0 aromatic rings. The molecule has 2 atom stereocenters. The number of hydrogen-bond acceptors (Lipinski definition) is 4. The van der Waals surface area contributed by atoms with Crippen molar-refractivity contribution in [1.29, 1.82) is 5.26 Å². The number of ether oxygens (including phenoxy) is 1. The molecule has 0 saturated carbocycles. The highest BCUT2D eigenvalue weighted by Gasteiger charge is 2.37. The van der Waals surface area contributed by atoms with Gasteiger partial charge in [0.05, 0.1) is 12.1 Å². The first-order chi connectivity index (χ1) is 7.87. The molecule has 0 aliphatic carbocycles. The zero-order valence-corrected chi connectivity index (χ0v) is 10.1. The lowest BCUT2D eigenvalue weighted by Gasteiger charge is -2.25. The summed E-state index contributed by atoms with van der Waals surface area (Å²) >= 11 is 0. The first-order valence-electron chi connectivity index (χ1n) is 5.31. The molecule has 7 nitrogen and oxygen atoms in total. The summed E-state index contributed by atoms with van der Waals surface area (Å²) in [5.74, 6) is 0. The fraction of sp³-hybridized carbons (Fsp3) is 0.800. The van der Waals surface area contributed by atoms with Crippen molar-refractivity contribution in [3.05, 3.63) is 10.4 Å². The van der Waals surface area contributed by atoms with Crippen LogP contribution in [0.4, 0.5) is 4.79 Å². The van der Waals surface area contributed by atoms with Gasteiger partial charge in [0.1, 0.15) is 11.6 Å². The molecule has 1 saturated heterocycles. The summed E-state index contributed by atoms with van der Waals surface area (Å²) in [6.07, 6.45) is -0.181. The number of carbonyl (C=O) groups is 1. The van der Waals surface area contributed by atoms with E-state index in [1.807, 2.05) is 6.07 Å². The van der Waals surface area contributed by atoms with Gasteiger partial charge in [-0.05, 0) is 32.7 Å². The molecule has 92 valence electrons. The van der Waals surface area contributed by atoms with Crippen molar-refractivity contribution in [3.63, 3.8) is 0 Å². The van der Waals surface area contributed by atoms with E-state index < -0.39 is 17.7 Å². The molecular formula is C10H15N5O2. The van der Waals surface area contributed by atoms with Crippen molar-refractivity contribution >= 4 is 6.09 Å². The van der Waals surface area contributed by atoms with Gasteiger partial charge >= 0.3 is 6.09 Å². The van der Waals surface area contributed by atoms with E-state index in [0.29, 0.717) is 6.42 Å². The van der Waals surface area contributed by atoms with Crippen LogP contribution >= 0.6 is 0 Å². The number of nitriles is 1. The van der Waals surface area contributed by atoms with Gasteiger partial charge in [0.2, 0.25) is 0 Å². The molecule has 1 aliphatic heterocycles. The average molecular weight is 237 g/mol. The smallest absolute Gasteiger partial charge is 0.411 e. The van der Waals surface area contributed by atoms with Crippen molar-refractivity contribution in [2.75, 3.05) is 6.54 Å². The predicted octanol–water partition coefficient (Wildman–Crippen LogP) is 2.20. The normalized spacial score (nSPS) is 23.8. The van der Waals surface area contributed by atoms with E-state index in [1.165, 1.54) is 4.90 Å². The molecule has 1 fully saturated rings. The van der Waals surface area contributed by atoms with E-state index in [1.54, 1.807) is 20.8 Å². The SMILES string of the molecule is CC(C)(C)OC(=O)N1C[C@@H](N=[N+]=[N-])C[C@H]1C#N. The van der Waals surface area contributed by atoms with Crippen LogP contribution in [0.5, 0.6) is 0 Å². The van der Waals surface area contributed by atoms with Crippen LogP contribution < -0.4 is 0 Å². The van der Waals surface area contributed by atoms with Gasteiger partial charge in [0, 0.05) is 11.5 Å². The van der Waals surface area contributed by atoms with Gasteiger partial charge in [-0.2, -0.15) is 5.26 Å². The van der Waals surface area contributed by atoms with E-state index in [9.17, 15) is 4.79 Å². The van der Waals surface area contributed by atoms with E-state index in [2.05, 4.69) is 10.0 Å². The molecule has 7 heteroatoms. The maximum absolute atomic E-state index is 11.8. The third-order valence-electron chi connectivity index (χ3n) is 2.27. The Kier molecular flexibility index (Phi) is 3.81. The van der Waals surface area contributed by atoms with E-state index in [4.69, 9.17) is 15.5 Å². The van der Waals surface area contributed by atoms with Crippen LogP contribution in [0.3, 0.4) is 0 Å². The standard InChI is InChI=1S/C10H15N5O2/c1-10(2,3)17-9(16)15-6-7(13-14-12)4-8(15)5-11/h7-8H,4,6H2,1-3H3/t7-,8-/m0/s1. The summed E-state index contributed by atoms with van der Waals surface area (Å²) in [6.45, 7) is 5.50. The zero-order chi connectivity index (χ0) is 13.1. The first-order valence-corrected chi connectivity index (χ1v) is 5.31. The number of nitrogens with zero attached hydrogens (tertiary/aromatic N) is 5. The van der Waals surface area contributed by atoms with Crippen molar-refractivity contribution < 1.29 is 9.53 Å². The summed E-state index contributed by atoms with van der Waals surface area (Å²) < 4.78 is 5.18. The van der Waals surface area contributed by atoms with Crippen LogP contribution in [-0.4, -0.2) is 35.2 Å². The monoisotopic (exact) mass is 237 g/mol. The van der Waals surface area contributed by atoms with Crippen molar-refractivity contribution in [2.45, 2.75) is 44.9 Å². The number of azide groups is 1. The number of carbonyl (C=O) groups excluding carboxylic acids is 1. The maximum Gasteiger partial charge on any atom is 0.411 e. The summed E-state index contributed by atoms with van der Waals surface area (Å²) in [6, 6.07) is 1.08. The molecule has 0 aromatic carbocycles. The molecular weight excluding hydrogens is 222 g/mol. The first kappa shape index (κ1) is 13.1. The number of hydrogen-bond donors (Lipinski definition) is 0. The summed E-state index contributed by atoms with van der Waals surface area (Å²) in [5.41, 5.74) is 7.73. The van der Waals surface area contributed by atoms with Crippen LogP contribution in [0, 0.1) is 11.3 Å². The Bertz CT molecular complexity index is 388. The third kappa shape index (κ3) is 3.54. The van der Waals surface area contributed by atoms with Gasteiger partial charge in [0.25, 0.3) is 0 Å². The van der Waals surface area contributed by atoms with Crippen LogP contribution in [0.2, 0.25) is 0 Å². The van der Waals surface area contributed by atoms with E-state index >= 15 is 0 Å². The number of likely N-dealkylation sites (tertiary alicyclic amines) is 1. The Morgan fingerprint density at radius 2 is 2.29 bits per heavy atom. The number of rotatable bonds is 1. The molecule has 0 bridgehead atoms. The second kappa shape index (κ2) is 4.93. The molecule has 1 aliphatic rings. The second-order valence-corrected chi connectivity index (χ2v) is 4.87. The third-order valence-corrected chi connectivity index (χ3v) is 2.27. The highest BCUT2D eigenvalue weighted by atomic mass is 16.6. The summed E-state index contributed by atoms with van der Waals surface area (Å²) in [5, 5.41) is 12.5. The molecule has 1 amide bonds. The minimum absolute atomic E-state index is 0.233. The van der Waals surface area contributed by atoms with Crippen LogP contribution in [0.25, 0.3) is 10.4 Å². The Balaban J connectivity index is 2.73. The molecule has 0 unspecified atom stereocenters. The topological polar surface area (TPSA) is 102 Å². The fourth-order valence-corrected chi connectivity index (χ4v) is 1.62. The minimum Gasteiger partial charge on any atom is -0.444 e. The average Bonchev–Trinajstić information content (AvgIpc) is 2.59. The predicted molar refractivity (Wildman–Crippen MR) is 59.9 cm³/mol. The lowest BCUT2D eigenvalue weighted by Crippen LogP contribution is -2.39. The molecule has 0 N–H and O–H groups in total. The lowest BCUT2D eigenvalue weighted by molar-refractivity contribution is 0.0258. The Morgan fingerprint density at radius 1 is 1.65 bits per heavy atom. The lowest BCUT2D eigenvalue weighted by atomic mass is 10.2. The van der Waals surface area contributed by atoms with Gasteiger partial charge < -0.3 is 4.74 Å². The Labute approximate surface area is 99.6 Å². The van der Waals surface area contributed by atoms with E-state index in [0.717, 1.165) is 0 Å². The maximum atomic E-state index is 11.8. The van der Waals surface area contributed by atoms with Crippen LogP contribution in [-0.2, 0) is 4.74 Å². The van der Waals surface area contributed by atoms with Gasteiger partial charge in [-0.3, -0.25) is 4.90 Å². The Morgan fingerprint density at radius 3 is 2.76 bits per heavy atom. The van der Waals surface area contributed by atoms with Gasteiger partial charge in [-0.25, -0.2) is 4.79 Å². The highest BCUT2D eigenvalue weighted by Crippen LogP contribution is 2.22. The van der Waals surface area contributed by atoms with Gasteiger partial charge in [-0.1, -0.05) is 5.11 Å². The zero-order valence-electron chi connectivity index (χ0n) is 10.1. The van der Waals surface area contributed by atoms with Crippen molar-refractivity contribution in [2.24, 2.45) is 5.11 Å². The van der Waals surface area contributed by atoms with Crippen molar-refractivity contribution in [3.8, 4) is 6.07 Å². The fourth-order valence-electron chi connectivity index (χ4n) is 1.62. The molecule has 1 rings (SSSR count). The molecule has 0 spiro atoms. The molecule has 1 heterocycles. The summed E-state index contributed by atoms with van der Waals surface area (Å²) in [4.78, 5) is 15.8. The summed E-state index contributed by atoms with van der Waals surface area (Å²) in [7, 11) is 0. The minimum atomic E-state index is -0.603. The molecule has 0 radical (unpaired) electrons. The van der Waals surface area contributed by atoms with Gasteiger partial charge in [0.15, 0.2) is 0 Å². The van der Waals surface area contributed by atoms with Crippen molar-refractivity contribution in [1.82, 2.24) is 4.90 Å². The molecule has 0 aromatic heterocycles.